The molecule has 0 aliphatic carbocycles. The number of hydrogen-bond acceptors (Lipinski definition) is 3. The van der Waals surface area contributed by atoms with Gasteiger partial charge in [-0.15, -0.1) is 0 Å². The molecule has 2 aromatic heterocycles. The molecule has 2 heterocycles. The normalized spacial score (nSPS) is 10.9. The molecule has 0 spiro atoms. The van der Waals surface area contributed by atoms with Gasteiger partial charge in [0.15, 0.2) is 0 Å². The summed E-state index contributed by atoms with van der Waals surface area (Å²) in [6.07, 6.45) is 3.34. The predicted octanol–water partition coefficient (Wildman–Crippen LogP) is 2.13. The van der Waals surface area contributed by atoms with Crippen LogP contribution in [0.25, 0.3) is 10.9 Å². The monoisotopic (exact) mass is 204 g/mol. The molecule has 0 unspecified atom stereocenters. The number of hydrogen-bond donors (Lipinski definition) is 1. The average Bonchev–Trinajstić information content (AvgIpc) is 2.62. The third-order valence-corrected chi connectivity index (χ3v) is 1.99. The van der Waals surface area contributed by atoms with E-state index in [1.54, 1.807) is 12.3 Å². The maximum Gasteiger partial charge on any atom is 0.357 e. The van der Waals surface area contributed by atoms with E-state index in [4.69, 9.17) is 4.74 Å². The Morgan fingerprint density at radius 3 is 3.07 bits per heavy atom. The number of nitrogens with one attached hydrogen (secondary N) is 1. The van der Waals surface area contributed by atoms with Gasteiger partial charge in [-0.3, -0.25) is 0 Å². The molecule has 2 rings (SSSR count). The number of carbonyl (C=O) groups excluding carboxylic acids is 1. The molecule has 0 bridgehead atoms. The molecule has 0 radical (unpaired) electrons. The fraction of sp³-hybridized carbons (Fsp3) is 0.273. The van der Waals surface area contributed by atoms with Crippen LogP contribution in [0.15, 0.2) is 24.5 Å². The second-order valence-electron chi connectivity index (χ2n) is 3.59. The summed E-state index contributed by atoms with van der Waals surface area (Å²) in [5.41, 5.74) is 1.22. The lowest BCUT2D eigenvalue weighted by molar-refractivity contribution is 0.0371. The summed E-state index contributed by atoms with van der Waals surface area (Å²) in [7, 11) is 0. The quantitative estimate of drug-likeness (QED) is 0.762. The number of aromatic amines is 1. The molecule has 4 heteroatoms. The third-order valence-electron chi connectivity index (χ3n) is 1.99. The van der Waals surface area contributed by atoms with Crippen molar-refractivity contribution in [1.29, 1.82) is 0 Å². The minimum Gasteiger partial charge on any atom is -0.458 e. The predicted molar refractivity (Wildman–Crippen MR) is 56.6 cm³/mol. The van der Waals surface area contributed by atoms with Crippen LogP contribution in [0.4, 0.5) is 0 Å². The van der Waals surface area contributed by atoms with Gasteiger partial charge in [0.25, 0.3) is 0 Å². The molecule has 0 amide bonds. The van der Waals surface area contributed by atoms with Crippen molar-refractivity contribution in [3.05, 3.63) is 30.2 Å². The van der Waals surface area contributed by atoms with Crippen molar-refractivity contribution in [1.82, 2.24) is 9.97 Å². The number of nitrogens with zero attached hydrogens (tertiary/aromatic N) is 1. The molecule has 0 saturated carbocycles. The Hall–Kier alpha value is -1.84. The van der Waals surface area contributed by atoms with Crippen molar-refractivity contribution in [3.63, 3.8) is 0 Å². The highest BCUT2D eigenvalue weighted by Crippen LogP contribution is 2.12. The number of carbonyl (C=O) groups is 1. The van der Waals surface area contributed by atoms with Crippen molar-refractivity contribution in [2.24, 2.45) is 0 Å². The Morgan fingerprint density at radius 1 is 1.53 bits per heavy atom. The van der Waals surface area contributed by atoms with Gasteiger partial charge in [-0.25, -0.2) is 9.78 Å². The Labute approximate surface area is 87.3 Å². The van der Waals surface area contributed by atoms with Crippen LogP contribution in [0.2, 0.25) is 0 Å². The number of pyridine rings is 1. The first-order valence-corrected chi connectivity index (χ1v) is 4.81. The molecule has 0 aliphatic heterocycles. The Kier molecular flexibility index (Phi) is 2.41. The van der Waals surface area contributed by atoms with Crippen molar-refractivity contribution in [2.75, 3.05) is 0 Å². The van der Waals surface area contributed by atoms with E-state index in [0.717, 1.165) is 10.9 Å². The van der Waals surface area contributed by atoms with Crippen molar-refractivity contribution >= 4 is 16.9 Å². The van der Waals surface area contributed by atoms with Gasteiger partial charge in [0.2, 0.25) is 0 Å². The molecule has 15 heavy (non-hydrogen) atoms. The van der Waals surface area contributed by atoms with Gasteiger partial charge in [0.05, 0.1) is 6.10 Å². The molecular weight excluding hydrogens is 192 g/mol. The van der Waals surface area contributed by atoms with Gasteiger partial charge in [0, 0.05) is 23.3 Å². The van der Waals surface area contributed by atoms with E-state index >= 15 is 0 Å². The van der Waals surface area contributed by atoms with Gasteiger partial charge in [-0.2, -0.15) is 0 Å². The third kappa shape index (κ3) is 1.98. The van der Waals surface area contributed by atoms with E-state index in [1.165, 1.54) is 0 Å². The first kappa shape index (κ1) is 9.71. The number of esters is 1. The summed E-state index contributed by atoms with van der Waals surface area (Å²) in [4.78, 5) is 18.6. The molecule has 2 aromatic rings. The smallest absolute Gasteiger partial charge is 0.357 e. The first-order chi connectivity index (χ1) is 7.16. The number of ether oxygens (including phenoxy) is 1. The number of rotatable bonds is 2. The van der Waals surface area contributed by atoms with Crippen LogP contribution in [-0.2, 0) is 4.74 Å². The minimum absolute atomic E-state index is 0.126. The molecule has 0 aromatic carbocycles. The van der Waals surface area contributed by atoms with Crippen LogP contribution in [0, 0.1) is 0 Å². The van der Waals surface area contributed by atoms with Gasteiger partial charge < -0.3 is 9.72 Å². The maximum absolute atomic E-state index is 11.5. The van der Waals surface area contributed by atoms with Gasteiger partial charge in [-0.05, 0) is 26.0 Å². The Balaban J connectivity index is 2.31. The number of fused-ring (bicyclic) bond motifs is 1. The second kappa shape index (κ2) is 3.73. The van der Waals surface area contributed by atoms with Gasteiger partial charge in [-0.1, -0.05) is 0 Å². The first-order valence-electron chi connectivity index (χ1n) is 4.81. The molecule has 0 atom stereocenters. The zero-order valence-electron chi connectivity index (χ0n) is 8.65. The van der Waals surface area contributed by atoms with E-state index in [9.17, 15) is 4.79 Å². The highest BCUT2D eigenvalue weighted by molar-refractivity contribution is 5.91. The molecule has 0 saturated heterocycles. The summed E-state index contributed by atoms with van der Waals surface area (Å²) in [6, 6.07) is 3.60. The van der Waals surface area contributed by atoms with E-state index < -0.39 is 0 Å². The lowest BCUT2D eigenvalue weighted by Gasteiger charge is -2.06. The topological polar surface area (TPSA) is 55.0 Å². The fourth-order valence-electron chi connectivity index (χ4n) is 1.33. The molecular formula is C11H12N2O2. The van der Waals surface area contributed by atoms with E-state index in [0.29, 0.717) is 5.69 Å². The molecule has 0 fully saturated rings. The Morgan fingerprint density at radius 2 is 2.33 bits per heavy atom. The van der Waals surface area contributed by atoms with Crippen LogP contribution >= 0.6 is 0 Å². The maximum atomic E-state index is 11.5. The SMILES string of the molecule is CC(C)OC(=O)c1cc2[nH]ccc2cn1. The highest BCUT2D eigenvalue weighted by atomic mass is 16.5. The van der Waals surface area contributed by atoms with Gasteiger partial charge in [0.1, 0.15) is 5.69 Å². The molecule has 0 aliphatic rings. The Bertz CT molecular complexity index is 488. The summed E-state index contributed by atoms with van der Waals surface area (Å²) >= 11 is 0. The van der Waals surface area contributed by atoms with Crippen molar-refractivity contribution < 1.29 is 9.53 Å². The van der Waals surface area contributed by atoms with E-state index in [2.05, 4.69) is 9.97 Å². The lowest BCUT2D eigenvalue weighted by Crippen LogP contribution is -2.12. The highest BCUT2D eigenvalue weighted by Gasteiger charge is 2.11. The molecule has 78 valence electrons. The van der Waals surface area contributed by atoms with Crippen LogP contribution in [0.3, 0.4) is 0 Å². The lowest BCUT2D eigenvalue weighted by atomic mass is 10.3. The van der Waals surface area contributed by atoms with Crippen LogP contribution in [0.1, 0.15) is 24.3 Å². The summed E-state index contributed by atoms with van der Waals surface area (Å²) < 4.78 is 5.05. The zero-order valence-corrected chi connectivity index (χ0v) is 8.65. The van der Waals surface area contributed by atoms with Crippen molar-refractivity contribution in [2.45, 2.75) is 20.0 Å². The minimum atomic E-state index is -0.387. The molecule has 1 N–H and O–H groups in total. The second-order valence-corrected chi connectivity index (χ2v) is 3.59. The fourth-order valence-corrected chi connectivity index (χ4v) is 1.33. The molecule has 4 nitrogen and oxygen atoms in total. The van der Waals surface area contributed by atoms with Crippen LogP contribution < -0.4 is 0 Å². The zero-order chi connectivity index (χ0) is 10.8. The standard InChI is InChI=1S/C11H12N2O2/c1-7(2)15-11(14)10-5-9-8(6-13-10)3-4-12-9/h3-7,12H,1-2H3. The van der Waals surface area contributed by atoms with E-state index in [-0.39, 0.29) is 12.1 Å². The van der Waals surface area contributed by atoms with E-state index in [1.807, 2.05) is 26.1 Å². The van der Waals surface area contributed by atoms with Crippen LogP contribution in [-0.4, -0.2) is 22.0 Å². The van der Waals surface area contributed by atoms with Crippen molar-refractivity contribution in [3.8, 4) is 0 Å². The summed E-state index contributed by atoms with van der Waals surface area (Å²) in [6.45, 7) is 3.62. The van der Waals surface area contributed by atoms with Gasteiger partial charge >= 0.3 is 5.97 Å². The summed E-state index contributed by atoms with van der Waals surface area (Å²) in [5, 5.41) is 0.982. The summed E-state index contributed by atoms with van der Waals surface area (Å²) in [5.74, 6) is -0.387. The number of aromatic nitrogens is 2. The number of H-pyrrole nitrogens is 1. The average molecular weight is 204 g/mol. The van der Waals surface area contributed by atoms with Crippen LogP contribution in [0.5, 0.6) is 0 Å². The largest absolute Gasteiger partial charge is 0.458 e.